The number of nitrogens with one attached hydrogen (secondary N) is 3. The summed E-state index contributed by atoms with van der Waals surface area (Å²) in [5.74, 6) is -1.53. The van der Waals surface area contributed by atoms with Crippen molar-refractivity contribution in [2.24, 2.45) is 0 Å². The van der Waals surface area contributed by atoms with Crippen LogP contribution in [0.2, 0.25) is 0 Å². The fraction of sp³-hybridized carbons (Fsp3) is 0.444. The summed E-state index contributed by atoms with van der Waals surface area (Å²) in [4.78, 5) is 37.4. The van der Waals surface area contributed by atoms with Crippen LogP contribution in [0.25, 0.3) is 0 Å². The number of carboxylic acid groups (broad SMARTS) is 1. The highest BCUT2D eigenvalue weighted by atomic mass is 16.4. The van der Waals surface area contributed by atoms with Crippen LogP contribution in [0, 0.1) is 0 Å². The zero-order valence-electron chi connectivity index (χ0n) is 8.96. The van der Waals surface area contributed by atoms with Gasteiger partial charge in [-0.3, -0.25) is 9.59 Å². The highest BCUT2D eigenvalue weighted by molar-refractivity contribution is 5.92. The molecule has 0 saturated heterocycles. The Labute approximate surface area is 90.9 Å². The van der Waals surface area contributed by atoms with Crippen LogP contribution in [-0.2, 0) is 4.79 Å². The molecular weight excluding hydrogens is 214 g/mol. The van der Waals surface area contributed by atoms with E-state index in [0.717, 1.165) is 0 Å². The van der Waals surface area contributed by atoms with Gasteiger partial charge in [-0.15, -0.1) is 0 Å². The van der Waals surface area contributed by atoms with Crippen LogP contribution >= 0.6 is 0 Å². The molecule has 0 aliphatic rings. The van der Waals surface area contributed by atoms with E-state index in [-0.39, 0.29) is 12.1 Å². The van der Waals surface area contributed by atoms with Gasteiger partial charge >= 0.3 is 11.7 Å². The highest BCUT2D eigenvalue weighted by Crippen LogP contribution is 2.08. The molecule has 4 N–H and O–H groups in total. The van der Waals surface area contributed by atoms with E-state index in [2.05, 4.69) is 15.3 Å². The molecule has 0 radical (unpaired) electrons. The molecule has 0 fully saturated rings. The van der Waals surface area contributed by atoms with Crippen LogP contribution in [0.15, 0.2) is 11.0 Å². The molecule has 0 bridgehead atoms. The number of imidazole rings is 1. The van der Waals surface area contributed by atoms with Gasteiger partial charge < -0.3 is 20.4 Å². The second-order valence-electron chi connectivity index (χ2n) is 4.06. The minimum Gasteiger partial charge on any atom is -0.481 e. The Morgan fingerprint density at radius 3 is 2.56 bits per heavy atom. The zero-order chi connectivity index (χ0) is 12.3. The number of carbonyl (C=O) groups excluding carboxylic acids is 1. The summed E-state index contributed by atoms with van der Waals surface area (Å²) >= 11 is 0. The molecule has 0 unspecified atom stereocenters. The summed E-state index contributed by atoms with van der Waals surface area (Å²) in [6, 6.07) is 0. The van der Waals surface area contributed by atoms with E-state index < -0.39 is 23.1 Å². The lowest BCUT2D eigenvalue weighted by Gasteiger charge is -2.23. The van der Waals surface area contributed by atoms with Crippen LogP contribution in [0.5, 0.6) is 0 Å². The minimum atomic E-state index is -1.01. The molecule has 0 aromatic carbocycles. The van der Waals surface area contributed by atoms with E-state index >= 15 is 0 Å². The lowest BCUT2D eigenvalue weighted by atomic mass is 10.0. The molecule has 1 amide bonds. The smallest absolute Gasteiger partial charge is 0.323 e. The third-order valence-electron chi connectivity index (χ3n) is 1.89. The average molecular weight is 227 g/mol. The lowest BCUT2D eigenvalue weighted by Crippen LogP contribution is -2.45. The van der Waals surface area contributed by atoms with Gasteiger partial charge in [0.25, 0.3) is 5.91 Å². The summed E-state index contributed by atoms with van der Waals surface area (Å²) in [5, 5.41) is 11.1. The van der Waals surface area contributed by atoms with Gasteiger partial charge in [0.05, 0.1) is 6.42 Å². The number of hydrogen-bond acceptors (Lipinski definition) is 3. The maximum atomic E-state index is 11.6. The first-order valence-corrected chi connectivity index (χ1v) is 4.62. The van der Waals surface area contributed by atoms with Gasteiger partial charge in [0.15, 0.2) is 0 Å². The van der Waals surface area contributed by atoms with Crippen LogP contribution in [0.3, 0.4) is 0 Å². The number of carboxylic acids is 1. The fourth-order valence-electron chi connectivity index (χ4n) is 1.25. The van der Waals surface area contributed by atoms with Crippen molar-refractivity contribution >= 4 is 11.9 Å². The van der Waals surface area contributed by atoms with E-state index in [4.69, 9.17) is 5.11 Å². The molecule has 0 aliphatic heterocycles. The van der Waals surface area contributed by atoms with Crippen molar-refractivity contribution < 1.29 is 14.7 Å². The number of carbonyl (C=O) groups is 2. The summed E-state index contributed by atoms with van der Waals surface area (Å²) in [6.07, 6.45) is 1.03. The molecule has 16 heavy (non-hydrogen) atoms. The van der Waals surface area contributed by atoms with Crippen molar-refractivity contribution in [3.8, 4) is 0 Å². The summed E-state index contributed by atoms with van der Waals surface area (Å²) in [5.41, 5.74) is -1.29. The number of rotatable bonds is 4. The Kier molecular flexibility index (Phi) is 3.17. The fourth-order valence-corrected chi connectivity index (χ4v) is 1.25. The van der Waals surface area contributed by atoms with E-state index in [9.17, 15) is 14.4 Å². The summed E-state index contributed by atoms with van der Waals surface area (Å²) in [6.45, 7) is 3.17. The van der Waals surface area contributed by atoms with E-state index in [1.165, 1.54) is 6.20 Å². The van der Waals surface area contributed by atoms with Crippen LogP contribution in [-0.4, -0.2) is 32.5 Å². The van der Waals surface area contributed by atoms with Gasteiger partial charge in [0, 0.05) is 11.7 Å². The first-order valence-electron chi connectivity index (χ1n) is 4.62. The molecule has 88 valence electrons. The SMILES string of the molecule is CC(C)(CC(=O)O)NC(=O)c1c[nH]c(=O)[nH]1. The van der Waals surface area contributed by atoms with Gasteiger partial charge in [-0.2, -0.15) is 0 Å². The molecule has 0 atom stereocenters. The average Bonchev–Trinajstić information content (AvgIpc) is 2.47. The van der Waals surface area contributed by atoms with Crippen LogP contribution < -0.4 is 11.0 Å². The molecule has 1 heterocycles. The Balaban J connectivity index is 2.71. The standard InChI is InChI=1S/C9H13N3O4/c1-9(2,3-6(13)14)12-7(15)5-4-10-8(16)11-5/h4H,3H2,1-2H3,(H,12,15)(H,13,14)(H2,10,11,16). The molecular formula is C9H13N3O4. The molecule has 1 aromatic rings. The maximum absolute atomic E-state index is 11.6. The third-order valence-corrected chi connectivity index (χ3v) is 1.89. The lowest BCUT2D eigenvalue weighted by molar-refractivity contribution is -0.138. The highest BCUT2D eigenvalue weighted by Gasteiger charge is 2.24. The normalized spacial score (nSPS) is 11.1. The second kappa shape index (κ2) is 4.21. The predicted molar refractivity (Wildman–Crippen MR) is 55.2 cm³/mol. The largest absolute Gasteiger partial charge is 0.481 e. The number of aliphatic carboxylic acids is 1. The Hall–Kier alpha value is -2.05. The van der Waals surface area contributed by atoms with Gasteiger partial charge in [-0.05, 0) is 13.8 Å². The quantitative estimate of drug-likeness (QED) is 0.564. The zero-order valence-corrected chi connectivity index (χ0v) is 8.96. The molecule has 0 spiro atoms. The molecule has 7 nitrogen and oxygen atoms in total. The number of H-pyrrole nitrogens is 2. The Bertz CT molecular complexity index is 457. The molecule has 1 rings (SSSR count). The van der Waals surface area contributed by atoms with Crippen molar-refractivity contribution in [2.45, 2.75) is 25.8 Å². The third kappa shape index (κ3) is 3.26. The van der Waals surface area contributed by atoms with E-state index in [1.54, 1.807) is 13.8 Å². The van der Waals surface area contributed by atoms with Crippen molar-refractivity contribution in [3.63, 3.8) is 0 Å². The number of amides is 1. The van der Waals surface area contributed by atoms with Crippen molar-refractivity contribution in [1.29, 1.82) is 0 Å². The molecule has 1 aromatic heterocycles. The molecule has 0 aliphatic carbocycles. The first-order chi connectivity index (χ1) is 7.30. The van der Waals surface area contributed by atoms with Crippen molar-refractivity contribution in [3.05, 3.63) is 22.4 Å². The van der Waals surface area contributed by atoms with Crippen LogP contribution in [0.4, 0.5) is 0 Å². The minimum absolute atomic E-state index is 0.0727. The van der Waals surface area contributed by atoms with Gasteiger partial charge in [0.2, 0.25) is 0 Å². The summed E-state index contributed by atoms with van der Waals surface area (Å²) < 4.78 is 0. The maximum Gasteiger partial charge on any atom is 0.323 e. The van der Waals surface area contributed by atoms with Crippen molar-refractivity contribution in [2.75, 3.05) is 0 Å². The Morgan fingerprint density at radius 1 is 1.50 bits per heavy atom. The van der Waals surface area contributed by atoms with Crippen LogP contribution in [0.1, 0.15) is 30.8 Å². The number of aromatic amines is 2. The summed E-state index contributed by atoms with van der Waals surface area (Å²) in [7, 11) is 0. The van der Waals surface area contributed by atoms with E-state index in [1.807, 2.05) is 0 Å². The number of aromatic nitrogens is 2. The van der Waals surface area contributed by atoms with E-state index in [0.29, 0.717) is 0 Å². The topological polar surface area (TPSA) is 115 Å². The van der Waals surface area contributed by atoms with Gasteiger partial charge in [-0.1, -0.05) is 0 Å². The van der Waals surface area contributed by atoms with Gasteiger partial charge in [-0.25, -0.2) is 4.79 Å². The first kappa shape index (κ1) is 12.0. The van der Waals surface area contributed by atoms with Gasteiger partial charge in [0.1, 0.15) is 5.69 Å². The molecule has 7 heteroatoms. The predicted octanol–water partition coefficient (Wildman–Crippen LogP) is -0.314. The Morgan fingerprint density at radius 2 is 2.12 bits per heavy atom. The molecule has 0 saturated carbocycles. The second-order valence-corrected chi connectivity index (χ2v) is 4.06. The number of hydrogen-bond donors (Lipinski definition) is 4. The van der Waals surface area contributed by atoms with Crippen molar-refractivity contribution in [1.82, 2.24) is 15.3 Å². The monoisotopic (exact) mass is 227 g/mol.